The quantitative estimate of drug-likeness (QED) is 0.556. The third-order valence-electron chi connectivity index (χ3n) is 1.69. The predicted octanol–water partition coefficient (Wildman–Crippen LogP) is 0.844. The first-order valence-corrected chi connectivity index (χ1v) is 3.33. The molecular formula is C8H7NO2. The van der Waals surface area contributed by atoms with Gasteiger partial charge in [0.25, 0.3) is 0 Å². The molecule has 0 saturated heterocycles. The number of nitrogens with two attached hydrogens (primary N) is 1. The van der Waals surface area contributed by atoms with Gasteiger partial charge in [0.05, 0.1) is 11.3 Å². The van der Waals surface area contributed by atoms with Crippen LogP contribution in [-0.2, 0) is 0 Å². The topological polar surface area (TPSA) is 52.3 Å². The van der Waals surface area contributed by atoms with E-state index >= 15 is 0 Å². The number of Topliss-reactive ketones (excluding diaryl/α,β-unsaturated/α-hetero) is 1. The summed E-state index contributed by atoms with van der Waals surface area (Å²) in [5.74, 6) is 0.546. The first-order valence-electron chi connectivity index (χ1n) is 3.33. The third-order valence-corrected chi connectivity index (χ3v) is 1.69. The average molecular weight is 149 g/mol. The van der Waals surface area contributed by atoms with Crippen LogP contribution in [0, 0.1) is 0 Å². The van der Waals surface area contributed by atoms with Crippen LogP contribution in [0.3, 0.4) is 0 Å². The Hall–Kier alpha value is -1.51. The number of carbonyl (C=O) groups is 1. The Morgan fingerprint density at radius 2 is 2.27 bits per heavy atom. The number of hydrogen-bond donors (Lipinski definition) is 1. The molecule has 3 heteroatoms. The van der Waals surface area contributed by atoms with Crippen LogP contribution >= 0.6 is 0 Å². The molecule has 0 atom stereocenters. The number of fused-ring (bicyclic) bond motifs is 1. The van der Waals surface area contributed by atoms with Gasteiger partial charge in [-0.2, -0.15) is 0 Å². The van der Waals surface area contributed by atoms with E-state index < -0.39 is 0 Å². The van der Waals surface area contributed by atoms with E-state index in [0.29, 0.717) is 17.0 Å². The summed E-state index contributed by atoms with van der Waals surface area (Å²) in [5.41, 5.74) is 6.69. The Morgan fingerprint density at radius 1 is 1.45 bits per heavy atom. The Morgan fingerprint density at radius 3 is 3.00 bits per heavy atom. The molecule has 0 unspecified atom stereocenters. The van der Waals surface area contributed by atoms with Gasteiger partial charge in [-0.3, -0.25) is 4.79 Å². The van der Waals surface area contributed by atoms with Gasteiger partial charge in [0.15, 0.2) is 12.4 Å². The molecule has 0 amide bonds. The normalized spacial score (nSPS) is 14.4. The summed E-state index contributed by atoms with van der Waals surface area (Å²) >= 11 is 0. The maximum atomic E-state index is 11.0. The monoisotopic (exact) mass is 149 g/mol. The first-order chi connectivity index (χ1) is 5.29. The average Bonchev–Trinajstić information content (AvgIpc) is 2.35. The molecule has 1 aromatic carbocycles. The Bertz CT molecular complexity index is 320. The molecule has 0 aromatic heterocycles. The van der Waals surface area contributed by atoms with Gasteiger partial charge in [0, 0.05) is 0 Å². The lowest BCUT2D eigenvalue weighted by Crippen LogP contribution is -1.98. The molecule has 11 heavy (non-hydrogen) atoms. The van der Waals surface area contributed by atoms with Crippen LogP contribution in [0.25, 0.3) is 0 Å². The van der Waals surface area contributed by atoms with Crippen molar-refractivity contribution in [3.8, 4) is 5.75 Å². The minimum atomic E-state index is 0.00676. The molecule has 0 saturated carbocycles. The van der Waals surface area contributed by atoms with Crippen molar-refractivity contribution in [3.63, 3.8) is 0 Å². The Labute approximate surface area is 63.8 Å². The van der Waals surface area contributed by atoms with Gasteiger partial charge in [-0.25, -0.2) is 0 Å². The molecule has 1 aliphatic rings. The van der Waals surface area contributed by atoms with Gasteiger partial charge in [-0.1, -0.05) is 6.07 Å². The zero-order valence-corrected chi connectivity index (χ0v) is 5.83. The Balaban J connectivity index is 2.66. The molecule has 3 nitrogen and oxygen atoms in total. The summed E-state index contributed by atoms with van der Waals surface area (Å²) in [5, 5.41) is 0. The number of ketones is 1. The van der Waals surface area contributed by atoms with E-state index in [-0.39, 0.29) is 12.4 Å². The van der Waals surface area contributed by atoms with Crippen LogP contribution in [0.1, 0.15) is 10.4 Å². The molecule has 1 aliphatic heterocycles. The van der Waals surface area contributed by atoms with Crippen molar-refractivity contribution >= 4 is 11.5 Å². The number of ether oxygens (including phenoxy) is 1. The van der Waals surface area contributed by atoms with Gasteiger partial charge >= 0.3 is 0 Å². The number of para-hydroxylation sites is 1. The number of benzene rings is 1. The number of anilines is 1. The fraction of sp³-hybridized carbons (Fsp3) is 0.125. The molecule has 2 rings (SSSR count). The second-order valence-electron chi connectivity index (χ2n) is 2.44. The fourth-order valence-electron chi connectivity index (χ4n) is 1.15. The third kappa shape index (κ3) is 0.774. The zero-order valence-electron chi connectivity index (χ0n) is 5.83. The molecule has 2 N–H and O–H groups in total. The predicted molar refractivity (Wildman–Crippen MR) is 40.7 cm³/mol. The second kappa shape index (κ2) is 1.99. The van der Waals surface area contributed by atoms with E-state index in [2.05, 4.69) is 0 Å². The van der Waals surface area contributed by atoms with E-state index in [1.807, 2.05) is 0 Å². The van der Waals surface area contributed by atoms with Crippen molar-refractivity contribution in [2.75, 3.05) is 12.3 Å². The highest BCUT2D eigenvalue weighted by atomic mass is 16.5. The largest absolute Gasteiger partial charge is 0.483 e. The summed E-state index contributed by atoms with van der Waals surface area (Å²) in [6.07, 6.45) is 0. The van der Waals surface area contributed by atoms with Crippen molar-refractivity contribution in [2.45, 2.75) is 0 Å². The highest BCUT2D eigenvalue weighted by Crippen LogP contribution is 2.30. The smallest absolute Gasteiger partial charge is 0.204 e. The van der Waals surface area contributed by atoms with Crippen molar-refractivity contribution < 1.29 is 9.53 Å². The van der Waals surface area contributed by atoms with Crippen molar-refractivity contribution in [1.82, 2.24) is 0 Å². The molecule has 1 aromatic rings. The highest BCUT2D eigenvalue weighted by molar-refractivity contribution is 6.03. The lowest BCUT2D eigenvalue weighted by atomic mass is 10.1. The van der Waals surface area contributed by atoms with Crippen LogP contribution < -0.4 is 10.5 Å². The molecule has 0 fully saturated rings. The fourth-order valence-corrected chi connectivity index (χ4v) is 1.15. The van der Waals surface area contributed by atoms with Crippen molar-refractivity contribution in [3.05, 3.63) is 23.8 Å². The second-order valence-corrected chi connectivity index (χ2v) is 2.44. The van der Waals surface area contributed by atoms with Gasteiger partial charge in [0.2, 0.25) is 5.78 Å². The van der Waals surface area contributed by atoms with E-state index in [9.17, 15) is 4.79 Å². The summed E-state index contributed by atoms with van der Waals surface area (Å²) < 4.78 is 5.07. The van der Waals surface area contributed by atoms with Crippen LogP contribution in [0.2, 0.25) is 0 Å². The molecular weight excluding hydrogens is 142 g/mol. The lowest BCUT2D eigenvalue weighted by molar-refractivity contribution is 0.0961. The number of nitrogen functional groups attached to an aromatic ring is 1. The Kier molecular flexibility index (Phi) is 1.12. The summed E-state index contributed by atoms with van der Waals surface area (Å²) in [7, 11) is 0. The van der Waals surface area contributed by atoms with Gasteiger partial charge in [-0.05, 0) is 12.1 Å². The van der Waals surface area contributed by atoms with Crippen LogP contribution in [0.15, 0.2) is 18.2 Å². The molecule has 56 valence electrons. The van der Waals surface area contributed by atoms with E-state index in [1.54, 1.807) is 18.2 Å². The first kappa shape index (κ1) is 6.22. The molecule has 0 spiro atoms. The van der Waals surface area contributed by atoms with E-state index in [1.165, 1.54) is 0 Å². The van der Waals surface area contributed by atoms with E-state index in [0.717, 1.165) is 0 Å². The maximum Gasteiger partial charge on any atom is 0.204 e. The van der Waals surface area contributed by atoms with Crippen molar-refractivity contribution in [1.29, 1.82) is 0 Å². The summed E-state index contributed by atoms with van der Waals surface area (Å²) in [6.45, 7) is 0.129. The van der Waals surface area contributed by atoms with Gasteiger partial charge in [0.1, 0.15) is 0 Å². The minimum Gasteiger partial charge on any atom is -0.483 e. The van der Waals surface area contributed by atoms with Crippen LogP contribution in [0.5, 0.6) is 5.75 Å². The zero-order chi connectivity index (χ0) is 7.84. The van der Waals surface area contributed by atoms with Crippen LogP contribution in [-0.4, -0.2) is 12.4 Å². The molecule has 0 aliphatic carbocycles. The summed E-state index contributed by atoms with van der Waals surface area (Å²) in [4.78, 5) is 11.0. The van der Waals surface area contributed by atoms with Gasteiger partial charge < -0.3 is 10.5 Å². The maximum absolute atomic E-state index is 11.0. The van der Waals surface area contributed by atoms with Crippen LogP contribution in [0.4, 0.5) is 5.69 Å². The minimum absolute atomic E-state index is 0.00676. The van der Waals surface area contributed by atoms with Crippen molar-refractivity contribution in [2.24, 2.45) is 0 Å². The lowest BCUT2D eigenvalue weighted by Gasteiger charge is -1.99. The molecule has 0 radical (unpaired) electrons. The number of rotatable bonds is 0. The SMILES string of the molecule is Nc1cccc2c1OCC2=O. The van der Waals surface area contributed by atoms with Gasteiger partial charge in [-0.15, -0.1) is 0 Å². The number of hydrogen-bond acceptors (Lipinski definition) is 3. The summed E-state index contributed by atoms with van der Waals surface area (Å²) in [6, 6.07) is 5.19. The molecule has 0 bridgehead atoms. The highest BCUT2D eigenvalue weighted by Gasteiger charge is 2.22. The van der Waals surface area contributed by atoms with E-state index in [4.69, 9.17) is 10.5 Å². The number of carbonyl (C=O) groups excluding carboxylic acids is 1. The molecule has 1 heterocycles. The standard InChI is InChI=1S/C8H7NO2/c9-6-3-1-2-5-7(10)4-11-8(5)6/h1-3H,4,9H2.